The van der Waals surface area contributed by atoms with Crippen LogP contribution < -0.4 is 5.73 Å². The van der Waals surface area contributed by atoms with Crippen LogP contribution in [0.1, 0.15) is 23.8 Å². The number of halogens is 1. The number of likely N-dealkylation sites (tertiary alicyclic amines) is 1. The highest BCUT2D eigenvalue weighted by atomic mass is 79.9. The highest BCUT2D eigenvalue weighted by Crippen LogP contribution is 2.23. The van der Waals surface area contributed by atoms with Gasteiger partial charge >= 0.3 is 0 Å². The van der Waals surface area contributed by atoms with Crippen LogP contribution in [0.2, 0.25) is 0 Å². The van der Waals surface area contributed by atoms with E-state index in [9.17, 15) is 4.79 Å². The lowest BCUT2D eigenvalue weighted by Crippen LogP contribution is -2.34. The van der Waals surface area contributed by atoms with Crippen LogP contribution in [-0.2, 0) is 0 Å². The summed E-state index contributed by atoms with van der Waals surface area (Å²) < 4.78 is 0.878. The van der Waals surface area contributed by atoms with E-state index in [1.807, 2.05) is 11.0 Å². The Morgan fingerprint density at radius 1 is 1.65 bits per heavy atom. The molecule has 1 aliphatic heterocycles. The molecule has 0 aromatic carbocycles. The number of carbonyl (C=O) groups is 1. The molecule has 1 fully saturated rings. The zero-order valence-corrected chi connectivity index (χ0v) is 11.4. The fourth-order valence-electron chi connectivity index (χ4n) is 2.25. The molecule has 0 aliphatic carbocycles. The molecule has 5 heteroatoms. The first-order valence-corrected chi connectivity index (χ1v) is 6.53. The van der Waals surface area contributed by atoms with E-state index >= 15 is 0 Å². The van der Waals surface area contributed by atoms with Crippen LogP contribution in [-0.4, -0.2) is 34.9 Å². The molecule has 1 saturated heterocycles. The van der Waals surface area contributed by atoms with Gasteiger partial charge in [0.15, 0.2) is 0 Å². The Morgan fingerprint density at radius 2 is 2.41 bits per heavy atom. The molecule has 2 N–H and O–H groups in total. The smallest absolute Gasteiger partial charge is 0.272 e. The van der Waals surface area contributed by atoms with E-state index in [1.165, 1.54) is 0 Å². The number of amides is 1. The molecule has 1 aliphatic rings. The van der Waals surface area contributed by atoms with Gasteiger partial charge in [-0.05, 0) is 53.9 Å². The van der Waals surface area contributed by atoms with Crippen molar-refractivity contribution in [3.05, 3.63) is 28.5 Å². The van der Waals surface area contributed by atoms with Crippen molar-refractivity contribution in [1.29, 1.82) is 0 Å². The summed E-state index contributed by atoms with van der Waals surface area (Å²) in [7, 11) is 0. The maximum atomic E-state index is 12.2. The second-order valence-corrected chi connectivity index (χ2v) is 5.42. The van der Waals surface area contributed by atoms with Crippen LogP contribution in [0, 0.1) is 5.92 Å². The SMILES string of the molecule is CC1CC(CN)CN1C(=O)c1ccc(Br)cn1. The predicted octanol–water partition coefficient (Wildman–Crippen LogP) is 1.65. The Morgan fingerprint density at radius 3 is 2.94 bits per heavy atom. The molecule has 2 rings (SSSR count). The third-order valence-corrected chi connectivity index (χ3v) is 3.67. The second kappa shape index (κ2) is 5.14. The van der Waals surface area contributed by atoms with E-state index in [1.54, 1.807) is 12.3 Å². The van der Waals surface area contributed by atoms with Crippen LogP contribution in [0.15, 0.2) is 22.8 Å². The molecule has 2 unspecified atom stereocenters. The predicted molar refractivity (Wildman–Crippen MR) is 69.6 cm³/mol. The summed E-state index contributed by atoms with van der Waals surface area (Å²) in [6, 6.07) is 3.83. The Hall–Kier alpha value is -0.940. The average molecular weight is 298 g/mol. The van der Waals surface area contributed by atoms with Crippen LogP contribution >= 0.6 is 15.9 Å². The highest BCUT2D eigenvalue weighted by Gasteiger charge is 2.32. The monoisotopic (exact) mass is 297 g/mol. The Balaban J connectivity index is 2.12. The highest BCUT2D eigenvalue weighted by molar-refractivity contribution is 9.10. The van der Waals surface area contributed by atoms with Gasteiger partial charge < -0.3 is 10.6 Å². The minimum absolute atomic E-state index is 0.000880. The van der Waals surface area contributed by atoms with Crippen LogP contribution in [0.3, 0.4) is 0 Å². The molecule has 0 saturated carbocycles. The van der Waals surface area contributed by atoms with Gasteiger partial charge in [0, 0.05) is 23.3 Å². The Kier molecular flexibility index (Phi) is 3.79. The van der Waals surface area contributed by atoms with E-state index in [2.05, 4.69) is 27.8 Å². The first-order chi connectivity index (χ1) is 8.11. The molecule has 0 bridgehead atoms. The number of nitrogens with two attached hydrogens (primary N) is 1. The molecule has 1 aromatic rings. The first kappa shape index (κ1) is 12.5. The number of aromatic nitrogens is 1. The van der Waals surface area contributed by atoms with Gasteiger partial charge in [0.25, 0.3) is 5.91 Å². The van der Waals surface area contributed by atoms with Crippen LogP contribution in [0.5, 0.6) is 0 Å². The van der Waals surface area contributed by atoms with E-state index in [0.29, 0.717) is 18.2 Å². The summed E-state index contributed by atoms with van der Waals surface area (Å²) in [4.78, 5) is 18.2. The van der Waals surface area contributed by atoms with Crippen molar-refractivity contribution in [2.45, 2.75) is 19.4 Å². The molecule has 4 nitrogen and oxygen atoms in total. The average Bonchev–Trinajstić information content (AvgIpc) is 2.71. The molecule has 0 radical (unpaired) electrons. The van der Waals surface area contributed by atoms with Crippen molar-refractivity contribution in [2.75, 3.05) is 13.1 Å². The molecule has 92 valence electrons. The van der Waals surface area contributed by atoms with Gasteiger partial charge in [-0.1, -0.05) is 0 Å². The Labute approximate surface area is 109 Å². The van der Waals surface area contributed by atoms with E-state index in [-0.39, 0.29) is 11.9 Å². The van der Waals surface area contributed by atoms with Gasteiger partial charge in [-0.15, -0.1) is 0 Å². The topological polar surface area (TPSA) is 59.2 Å². The van der Waals surface area contributed by atoms with Gasteiger partial charge in [-0.2, -0.15) is 0 Å². The van der Waals surface area contributed by atoms with Crippen LogP contribution in [0.25, 0.3) is 0 Å². The van der Waals surface area contributed by atoms with Crippen molar-refractivity contribution in [3.63, 3.8) is 0 Å². The molecule has 2 atom stereocenters. The van der Waals surface area contributed by atoms with Crippen molar-refractivity contribution >= 4 is 21.8 Å². The van der Waals surface area contributed by atoms with Gasteiger partial charge in [0.1, 0.15) is 5.69 Å². The minimum atomic E-state index is 0.000880. The fraction of sp³-hybridized carbons (Fsp3) is 0.500. The van der Waals surface area contributed by atoms with E-state index in [4.69, 9.17) is 5.73 Å². The van der Waals surface area contributed by atoms with Crippen molar-refractivity contribution in [2.24, 2.45) is 11.7 Å². The van der Waals surface area contributed by atoms with Crippen molar-refractivity contribution in [1.82, 2.24) is 9.88 Å². The van der Waals surface area contributed by atoms with Gasteiger partial charge in [-0.3, -0.25) is 4.79 Å². The maximum Gasteiger partial charge on any atom is 0.272 e. The number of carbonyl (C=O) groups excluding carboxylic acids is 1. The fourth-order valence-corrected chi connectivity index (χ4v) is 2.48. The molecule has 2 heterocycles. The third kappa shape index (κ3) is 2.66. The Bertz CT molecular complexity index is 407. The van der Waals surface area contributed by atoms with E-state index in [0.717, 1.165) is 17.4 Å². The first-order valence-electron chi connectivity index (χ1n) is 5.74. The van der Waals surface area contributed by atoms with E-state index < -0.39 is 0 Å². The summed E-state index contributed by atoms with van der Waals surface area (Å²) in [5.74, 6) is 0.422. The summed E-state index contributed by atoms with van der Waals surface area (Å²) in [5.41, 5.74) is 6.16. The van der Waals surface area contributed by atoms with Gasteiger partial charge in [0.05, 0.1) is 0 Å². The van der Waals surface area contributed by atoms with Crippen molar-refractivity contribution in [3.8, 4) is 0 Å². The minimum Gasteiger partial charge on any atom is -0.334 e. The largest absolute Gasteiger partial charge is 0.334 e. The summed E-state index contributed by atoms with van der Waals surface area (Å²) in [6.45, 7) is 3.45. The van der Waals surface area contributed by atoms with Crippen molar-refractivity contribution < 1.29 is 4.79 Å². The normalized spacial score (nSPS) is 24.1. The molecule has 0 spiro atoms. The number of hydrogen-bond acceptors (Lipinski definition) is 3. The standard InChI is InChI=1S/C12H16BrN3O/c1-8-4-9(5-14)7-16(8)12(17)11-3-2-10(13)6-15-11/h2-3,6,8-9H,4-5,7,14H2,1H3. The lowest BCUT2D eigenvalue weighted by molar-refractivity contribution is 0.0737. The second-order valence-electron chi connectivity index (χ2n) is 4.51. The summed E-state index contributed by atoms with van der Waals surface area (Å²) in [6.07, 6.45) is 2.63. The van der Waals surface area contributed by atoms with Crippen LogP contribution in [0.4, 0.5) is 0 Å². The summed E-state index contributed by atoms with van der Waals surface area (Å²) in [5, 5.41) is 0. The maximum absolute atomic E-state index is 12.2. The molecule has 17 heavy (non-hydrogen) atoms. The molecular weight excluding hydrogens is 282 g/mol. The quantitative estimate of drug-likeness (QED) is 0.903. The third-order valence-electron chi connectivity index (χ3n) is 3.20. The molecule has 1 aromatic heterocycles. The van der Waals surface area contributed by atoms with Gasteiger partial charge in [-0.25, -0.2) is 4.98 Å². The number of pyridine rings is 1. The number of rotatable bonds is 2. The van der Waals surface area contributed by atoms with Gasteiger partial charge in [0.2, 0.25) is 0 Å². The molecular formula is C12H16BrN3O. The summed E-state index contributed by atoms with van der Waals surface area (Å²) >= 11 is 3.31. The molecule has 1 amide bonds. The zero-order chi connectivity index (χ0) is 12.4. The zero-order valence-electron chi connectivity index (χ0n) is 9.77. The number of nitrogens with zero attached hydrogens (tertiary/aromatic N) is 2. The lowest BCUT2D eigenvalue weighted by atomic mass is 10.1. The lowest BCUT2D eigenvalue weighted by Gasteiger charge is -2.20. The number of hydrogen-bond donors (Lipinski definition) is 1.